The highest BCUT2D eigenvalue weighted by atomic mass is 16.2. The number of benzene rings is 1. The average molecular weight is 314 g/mol. The first-order valence-electron chi connectivity index (χ1n) is 8.06. The molecule has 1 aliphatic heterocycles. The molecule has 1 unspecified atom stereocenters. The van der Waals surface area contributed by atoms with Crippen LogP contribution in [-0.4, -0.2) is 34.6 Å². The van der Waals surface area contributed by atoms with Crippen molar-refractivity contribution in [3.05, 3.63) is 35.9 Å². The highest BCUT2D eigenvalue weighted by Gasteiger charge is 2.51. The van der Waals surface area contributed by atoms with Crippen molar-refractivity contribution in [3.8, 4) is 0 Å². The van der Waals surface area contributed by atoms with Gasteiger partial charge in [0.05, 0.1) is 0 Å². The van der Waals surface area contributed by atoms with E-state index in [0.717, 1.165) is 18.4 Å². The molecule has 1 atom stereocenters. The largest absolute Gasteiger partial charge is 0.347 e. The van der Waals surface area contributed by atoms with Crippen molar-refractivity contribution in [1.29, 1.82) is 0 Å². The Morgan fingerprint density at radius 2 is 1.87 bits per heavy atom. The SMILES string of the molecule is CC1(C)CC(=O)N(Cc2ccccc2)C1C(=O)C(=O)NC1CC1. The molecule has 5 heteroatoms. The molecule has 0 spiro atoms. The van der Waals surface area contributed by atoms with Gasteiger partial charge in [0.1, 0.15) is 6.04 Å². The van der Waals surface area contributed by atoms with Gasteiger partial charge >= 0.3 is 0 Å². The molecule has 23 heavy (non-hydrogen) atoms. The van der Waals surface area contributed by atoms with Crippen LogP contribution in [-0.2, 0) is 20.9 Å². The number of carbonyl (C=O) groups excluding carboxylic acids is 3. The molecule has 0 aromatic heterocycles. The Kier molecular flexibility index (Phi) is 3.96. The molecule has 1 saturated heterocycles. The molecule has 5 nitrogen and oxygen atoms in total. The first-order chi connectivity index (χ1) is 10.9. The van der Waals surface area contributed by atoms with Crippen LogP contribution in [0.15, 0.2) is 30.3 Å². The summed E-state index contributed by atoms with van der Waals surface area (Å²) in [5, 5.41) is 2.74. The predicted molar refractivity (Wildman–Crippen MR) is 85.3 cm³/mol. The monoisotopic (exact) mass is 314 g/mol. The summed E-state index contributed by atoms with van der Waals surface area (Å²) in [6.07, 6.45) is 2.15. The molecule has 122 valence electrons. The normalized spacial score (nSPS) is 23.0. The average Bonchev–Trinajstić information content (AvgIpc) is 3.26. The number of likely N-dealkylation sites (tertiary alicyclic amines) is 1. The zero-order valence-electron chi connectivity index (χ0n) is 13.5. The quantitative estimate of drug-likeness (QED) is 0.841. The van der Waals surface area contributed by atoms with Gasteiger partial charge in [0.15, 0.2) is 0 Å². The lowest BCUT2D eigenvalue weighted by Crippen LogP contribution is -2.50. The second-order valence-corrected chi connectivity index (χ2v) is 7.19. The Morgan fingerprint density at radius 3 is 2.48 bits per heavy atom. The van der Waals surface area contributed by atoms with Gasteiger partial charge in [0.25, 0.3) is 5.91 Å². The Hall–Kier alpha value is -2.17. The molecule has 1 aliphatic carbocycles. The van der Waals surface area contributed by atoms with E-state index >= 15 is 0 Å². The van der Waals surface area contributed by atoms with Crippen molar-refractivity contribution in [1.82, 2.24) is 10.2 Å². The maximum absolute atomic E-state index is 12.7. The molecular weight excluding hydrogens is 292 g/mol. The molecule has 2 aliphatic rings. The van der Waals surface area contributed by atoms with Crippen LogP contribution in [0.25, 0.3) is 0 Å². The van der Waals surface area contributed by atoms with Gasteiger partial charge in [-0.2, -0.15) is 0 Å². The van der Waals surface area contributed by atoms with Crippen molar-refractivity contribution < 1.29 is 14.4 Å². The topological polar surface area (TPSA) is 66.5 Å². The predicted octanol–water partition coefficient (Wildman–Crippen LogP) is 1.66. The van der Waals surface area contributed by atoms with Gasteiger partial charge in [-0.25, -0.2) is 0 Å². The van der Waals surface area contributed by atoms with E-state index < -0.39 is 23.1 Å². The van der Waals surface area contributed by atoms with Crippen LogP contribution in [0.4, 0.5) is 0 Å². The minimum absolute atomic E-state index is 0.0728. The van der Waals surface area contributed by atoms with Gasteiger partial charge in [0.2, 0.25) is 11.7 Å². The molecule has 0 bridgehead atoms. The van der Waals surface area contributed by atoms with Gasteiger partial charge in [-0.3, -0.25) is 14.4 Å². The van der Waals surface area contributed by atoms with Crippen LogP contribution in [0.5, 0.6) is 0 Å². The summed E-state index contributed by atoms with van der Waals surface area (Å²) in [6, 6.07) is 8.98. The number of ketones is 1. The Labute approximate surface area is 136 Å². The van der Waals surface area contributed by atoms with E-state index in [1.54, 1.807) is 4.90 Å². The summed E-state index contributed by atoms with van der Waals surface area (Å²) in [7, 11) is 0. The highest BCUT2D eigenvalue weighted by molar-refractivity contribution is 6.39. The van der Waals surface area contributed by atoms with Crippen LogP contribution >= 0.6 is 0 Å². The fraction of sp³-hybridized carbons (Fsp3) is 0.500. The number of rotatable bonds is 5. The summed E-state index contributed by atoms with van der Waals surface area (Å²) >= 11 is 0. The molecular formula is C18H22N2O3. The van der Waals surface area contributed by atoms with Gasteiger partial charge in [-0.1, -0.05) is 44.2 Å². The van der Waals surface area contributed by atoms with E-state index in [1.165, 1.54) is 0 Å². The van der Waals surface area contributed by atoms with Crippen molar-refractivity contribution in [2.75, 3.05) is 0 Å². The summed E-state index contributed by atoms with van der Waals surface area (Å²) in [6.45, 7) is 4.11. The second kappa shape index (κ2) is 5.80. The molecule has 1 heterocycles. The maximum atomic E-state index is 12.7. The third kappa shape index (κ3) is 3.28. The number of nitrogens with one attached hydrogen (secondary N) is 1. The minimum atomic E-state index is -0.700. The van der Waals surface area contributed by atoms with E-state index in [1.807, 2.05) is 44.2 Å². The number of nitrogens with zero attached hydrogens (tertiary/aromatic N) is 1. The van der Waals surface area contributed by atoms with Crippen LogP contribution in [0, 0.1) is 5.41 Å². The fourth-order valence-electron chi connectivity index (χ4n) is 3.22. The molecule has 1 aromatic rings. The molecule has 0 radical (unpaired) electrons. The third-order valence-corrected chi connectivity index (χ3v) is 4.56. The van der Waals surface area contributed by atoms with Crippen LogP contribution < -0.4 is 5.32 Å². The Bertz CT molecular complexity index is 635. The number of hydrogen-bond acceptors (Lipinski definition) is 3. The molecule has 1 saturated carbocycles. The Balaban J connectivity index is 1.81. The number of carbonyl (C=O) groups is 3. The van der Waals surface area contributed by atoms with Gasteiger partial charge in [-0.05, 0) is 18.4 Å². The second-order valence-electron chi connectivity index (χ2n) is 7.19. The van der Waals surface area contributed by atoms with Crippen LogP contribution in [0.2, 0.25) is 0 Å². The molecule has 2 fully saturated rings. The zero-order valence-corrected chi connectivity index (χ0v) is 13.5. The lowest BCUT2D eigenvalue weighted by Gasteiger charge is -2.30. The zero-order chi connectivity index (χ0) is 16.6. The van der Waals surface area contributed by atoms with E-state index in [9.17, 15) is 14.4 Å². The van der Waals surface area contributed by atoms with Gasteiger partial charge in [0, 0.05) is 24.4 Å². The van der Waals surface area contributed by atoms with E-state index in [4.69, 9.17) is 0 Å². The minimum Gasteiger partial charge on any atom is -0.347 e. The fourth-order valence-corrected chi connectivity index (χ4v) is 3.22. The first kappa shape index (κ1) is 15.7. The van der Waals surface area contributed by atoms with Crippen LogP contribution in [0.1, 0.15) is 38.7 Å². The lowest BCUT2D eigenvalue weighted by atomic mass is 9.82. The van der Waals surface area contributed by atoms with Crippen LogP contribution in [0.3, 0.4) is 0 Å². The highest BCUT2D eigenvalue weighted by Crippen LogP contribution is 2.38. The molecule has 3 rings (SSSR count). The summed E-state index contributed by atoms with van der Waals surface area (Å²) in [4.78, 5) is 38.8. The first-order valence-corrected chi connectivity index (χ1v) is 8.06. The molecule has 1 N–H and O–H groups in total. The summed E-state index contributed by atoms with van der Waals surface area (Å²) < 4.78 is 0. The summed E-state index contributed by atoms with van der Waals surface area (Å²) in [5.74, 6) is -1.13. The van der Waals surface area contributed by atoms with Crippen molar-refractivity contribution in [2.24, 2.45) is 5.41 Å². The molecule has 1 aromatic carbocycles. The van der Waals surface area contributed by atoms with Gasteiger partial charge < -0.3 is 10.2 Å². The van der Waals surface area contributed by atoms with E-state index in [0.29, 0.717) is 6.54 Å². The Morgan fingerprint density at radius 1 is 1.22 bits per heavy atom. The lowest BCUT2D eigenvalue weighted by molar-refractivity contribution is -0.144. The number of Topliss-reactive ketones (excluding diaryl/α,β-unsaturated/α-hetero) is 1. The van der Waals surface area contributed by atoms with Crippen molar-refractivity contribution >= 4 is 17.6 Å². The third-order valence-electron chi connectivity index (χ3n) is 4.56. The number of hydrogen-bond donors (Lipinski definition) is 1. The number of amides is 2. The smallest absolute Gasteiger partial charge is 0.289 e. The van der Waals surface area contributed by atoms with Gasteiger partial charge in [-0.15, -0.1) is 0 Å². The molecule has 2 amide bonds. The van der Waals surface area contributed by atoms with Crippen molar-refractivity contribution in [3.63, 3.8) is 0 Å². The van der Waals surface area contributed by atoms with E-state index in [2.05, 4.69) is 5.32 Å². The standard InChI is InChI=1S/C18H22N2O3/c1-18(2)10-14(21)20(11-12-6-4-3-5-7-12)16(18)15(22)17(23)19-13-8-9-13/h3-7,13,16H,8-11H2,1-2H3,(H,19,23). The van der Waals surface area contributed by atoms with Crippen molar-refractivity contribution in [2.45, 2.75) is 51.7 Å². The maximum Gasteiger partial charge on any atom is 0.289 e. The van der Waals surface area contributed by atoms with E-state index in [-0.39, 0.29) is 18.4 Å². The summed E-state index contributed by atoms with van der Waals surface area (Å²) in [5.41, 5.74) is 0.420.